The molecule has 0 spiro atoms. The van der Waals surface area contributed by atoms with Gasteiger partial charge in [-0.2, -0.15) is 0 Å². The zero-order chi connectivity index (χ0) is 13.2. The molecule has 0 aromatic heterocycles. The summed E-state index contributed by atoms with van der Waals surface area (Å²) in [5.41, 5.74) is 1.30. The van der Waals surface area contributed by atoms with E-state index in [4.69, 9.17) is 0 Å². The smallest absolute Gasteiger partial charge is 0.163 e. The summed E-state index contributed by atoms with van der Waals surface area (Å²) in [5, 5.41) is 9.78. The van der Waals surface area contributed by atoms with E-state index in [1.165, 1.54) is 6.92 Å². The Labute approximate surface area is 103 Å². The summed E-state index contributed by atoms with van der Waals surface area (Å²) in [5.74, 6) is 0.459. The van der Waals surface area contributed by atoms with Gasteiger partial charge in [0.25, 0.3) is 0 Å². The van der Waals surface area contributed by atoms with E-state index in [0.29, 0.717) is 17.5 Å². The van der Waals surface area contributed by atoms with Crippen LogP contribution in [0.5, 0.6) is 5.75 Å². The molecular weight excluding hydrogens is 214 g/mol. The number of phenols is 1. The third-order valence-corrected chi connectivity index (χ3v) is 3.34. The molecule has 1 N–H and O–H groups in total. The molecule has 3 nitrogen and oxygen atoms in total. The predicted octanol–water partition coefficient (Wildman–Crippen LogP) is 3.08. The second kappa shape index (κ2) is 5.21. The summed E-state index contributed by atoms with van der Waals surface area (Å²) < 4.78 is 0. The topological polar surface area (TPSA) is 40.5 Å². The van der Waals surface area contributed by atoms with Crippen molar-refractivity contribution in [3.8, 4) is 5.75 Å². The molecule has 0 aliphatic rings. The first-order chi connectivity index (χ1) is 7.84. The first-order valence-electron chi connectivity index (χ1n) is 5.91. The molecule has 1 aromatic carbocycles. The van der Waals surface area contributed by atoms with Crippen molar-refractivity contribution in [2.24, 2.45) is 5.92 Å². The van der Waals surface area contributed by atoms with Gasteiger partial charge in [-0.25, -0.2) is 0 Å². The highest BCUT2D eigenvalue weighted by Gasteiger charge is 2.15. The minimum atomic E-state index is -0.117. The number of ketones is 1. The van der Waals surface area contributed by atoms with Crippen LogP contribution in [0.1, 0.15) is 38.1 Å². The van der Waals surface area contributed by atoms with E-state index < -0.39 is 0 Å². The van der Waals surface area contributed by atoms with Gasteiger partial charge in [-0.1, -0.05) is 13.8 Å². The first-order valence-corrected chi connectivity index (χ1v) is 5.91. The average molecular weight is 235 g/mol. The summed E-state index contributed by atoms with van der Waals surface area (Å²) in [6.45, 7) is 7.91. The number of aromatic hydroxyl groups is 1. The Morgan fingerprint density at radius 3 is 2.29 bits per heavy atom. The molecule has 0 saturated carbocycles. The molecule has 0 fully saturated rings. The lowest BCUT2D eigenvalue weighted by atomic mass is 10.0. The van der Waals surface area contributed by atoms with Gasteiger partial charge in [0.2, 0.25) is 0 Å². The Morgan fingerprint density at radius 1 is 1.29 bits per heavy atom. The van der Waals surface area contributed by atoms with Gasteiger partial charge in [-0.3, -0.25) is 4.79 Å². The molecule has 0 aliphatic carbocycles. The molecule has 0 radical (unpaired) electrons. The van der Waals surface area contributed by atoms with Crippen LogP contribution >= 0.6 is 0 Å². The predicted molar refractivity (Wildman–Crippen MR) is 70.8 cm³/mol. The van der Waals surface area contributed by atoms with Gasteiger partial charge in [-0.05, 0) is 31.9 Å². The molecule has 1 rings (SSSR count). The number of phenolic OH excluding ortho intramolecular Hbond substituents is 1. The number of hydrogen-bond donors (Lipinski definition) is 1. The fourth-order valence-corrected chi connectivity index (χ4v) is 1.72. The lowest BCUT2D eigenvalue weighted by Gasteiger charge is -2.30. The largest absolute Gasteiger partial charge is 0.507 e. The highest BCUT2D eigenvalue weighted by atomic mass is 16.3. The molecule has 1 unspecified atom stereocenters. The minimum Gasteiger partial charge on any atom is -0.507 e. The van der Waals surface area contributed by atoms with E-state index in [0.717, 1.165) is 5.69 Å². The van der Waals surface area contributed by atoms with E-state index >= 15 is 0 Å². The van der Waals surface area contributed by atoms with E-state index in [1.54, 1.807) is 12.1 Å². The Kier molecular flexibility index (Phi) is 4.16. The number of hydrogen-bond acceptors (Lipinski definition) is 3. The van der Waals surface area contributed by atoms with Crippen molar-refractivity contribution in [2.45, 2.75) is 33.7 Å². The number of nitrogens with zero attached hydrogens (tertiary/aromatic N) is 1. The standard InChI is InChI=1S/C14H21NO2/c1-9(2)10(3)15(5)12-6-7-13(11(4)16)14(17)8-12/h6-10,17H,1-5H3. The first kappa shape index (κ1) is 13.6. The van der Waals surface area contributed by atoms with Crippen LogP contribution in [0.3, 0.4) is 0 Å². The third kappa shape index (κ3) is 2.99. The quantitative estimate of drug-likeness (QED) is 0.815. The average Bonchev–Trinajstić information content (AvgIpc) is 2.26. The number of carbonyl (C=O) groups excluding carboxylic acids is 1. The van der Waals surface area contributed by atoms with Gasteiger partial charge in [0.15, 0.2) is 5.78 Å². The number of benzene rings is 1. The SMILES string of the molecule is CC(=O)c1ccc(N(C)C(C)C(C)C)cc1O. The maximum Gasteiger partial charge on any atom is 0.163 e. The molecule has 0 aliphatic heterocycles. The zero-order valence-electron chi connectivity index (χ0n) is 11.2. The van der Waals surface area contributed by atoms with Crippen molar-refractivity contribution in [3.05, 3.63) is 23.8 Å². The Bertz CT molecular complexity index is 413. The van der Waals surface area contributed by atoms with Crippen LogP contribution < -0.4 is 4.90 Å². The maximum atomic E-state index is 11.2. The number of rotatable bonds is 4. The normalized spacial score (nSPS) is 12.6. The highest BCUT2D eigenvalue weighted by molar-refractivity contribution is 5.97. The van der Waals surface area contributed by atoms with Crippen molar-refractivity contribution in [1.82, 2.24) is 0 Å². The second-order valence-electron chi connectivity index (χ2n) is 4.85. The molecule has 17 heavy (non-hydrogen) atoms. The summed E-state index contributed by atoms with van der Waals surface area (Å²) in [6, 6.07) is 5.57. The van der Waals surface area contributed by atoms with Gasteiger partial charge in [-0.15, -0.1) is 0 Å². The Morgan fingerprint density at radius 2 is 1.88 bits per heavy atom. The lowest BCUT2D eigenvalue weighted by Crippen LogP contribution is -2.33. The van der Waals surface area contributed by atoms with E-state index in [-0.39, 0.29) is 11.5 Å². The molecule has 0 heterocycles. The summed E-state index contributed by atoms with van der Waals surface area (Å²) in [4.78, 5) is 13.3. The van der Waals surface area contributed by atoms with E-state index in [2.05, 4.69) is 25.7 Å². The van der Waals surface area contributed by atoms with Crippen molar-refractivity contribution in [2.75, 3.05) is 11.9 Å². The molecule has 1 aromatic rings. The molecule has 1 atom stereocenters. The second-order valence-corrected chi connectivity index (χ2v) is 4.85. The van der Waals surface area contributed by atoms with Crippen LogP contribution in [0.25, 0.3) is 0 Å². The highest BCUT2D eigenvalue weighted by Crippen LogP contribution is 2.26. The van der Waals surface area contributed by atoms with E-state index in [1.807, 2.05) is 13.1 Å². The number of carbonyl (C=O) groups is 1. The van der Waals surface area contributed by atoms with Crippen LogP contribution in [0.15, 0.2) is 18.2 Å². The number of Topliss-reactive ketones (excluding diaryl/α,β-unsaturated/α-hetero) is 1. The molecule has 0 saturated heterocycles. The van der Waals surface area contributed by atoms with Crippen LogP contribution in [0.4, 0.5) is 5.69 Å². The van der Waals surface area contributed by atoms with Gasteiger partial charge >= 0.3 is 0 Å². The van der Waals surface area contributed by atoms with Crippen LogP contribution in [0.2, 0.25) is 0 Å². The van der Waals surface area contributed by atoms with Gasteiger partial charge in [0, 0.05) is 24.8 Å². The fraction of sp³-hybridized carbons (Fsp3) is 0.500. The summed E-state index contributed by atoms with van der Waals surface area (Å²) in [6.07, 6.45) is 0. The molecule has 0 amide bonds. The summed E-state index contributed by atoms with van der Waals surface area (Å²) >= 11 is 0. The molecule has 3 heteroatoms. The monoisotopic (exact) mass is 235 g/mol. The van der Waals surface area contributed by atoms with Crippen molar-refractivity contribution < 1.29 is 9.90 Å². The van der Waals surface area contributed by atoms with Crippen molar-refractivity contribution >= 4 is 11.5 Å². The van der Waals surface area contributed by atoms with Crippen LogP contribution in [0, 0.1) is 5.92 Å². The zero-order valence-corrected chi connectivity index (χ0v) is 11.2. The molecular formula is C14H21NO2. The van der Waals surface area contributed by atoms with Crippen LogP contribution in [-0.2, 0) is 0 Å². The molecule has 0 bridgehead atoms. The number of anilines is 1. The minimum absolute atomic E-state index is 0.0535. The summed E-state index contributed by atoms with van der Waals surface area (Å²) in [7, 11) is 1.99. The molecule has 94 valence electrons. The fourth-order valence-electron chi connectivity index (χ4n) is 1.72. The Balaban J connectivity index is 3.01. The van der Waals surface area contributed by atoms with Crippen molar-refractivity contribution in [3.63, 3.8) is 0 Å². The maximum absolute atomic E-state index is 11.2. The van der Waals surface area contributed by atoms with Gasteiger partial charge in [0.05, 0.1) is 5.56 Å². The van der Waals surface area contributed by atoms with E-state index in [9.17, 15) is 9.90 Å². The Hall–Kier alpha value is -1.51. The van der Waals surface area contributed by atoms with Gasteiger partial charge in [0.1, 0.15) is 5.75 Å². The van der Waals surface area contributed by atoms with Gasteiger partial charge < -0.3 is 10.0 Å². The third-order valence-electron chi connectivity index (χ3n) is 3.34. The van der Waals surface area contributed by atoms with Crippen molar-refractivity contribution in [1.29, 1.82) is 0 Å². The lowest BCUT2D eigenvalue weighted by molar-refractivity contribution is 0.101. The van der Waals surface area contributed by atoms with Crippen LogP contribution in [-0.4, -0.2) is 24.0 Å².